The lowest BCUT2D eigenvalue weighted by molar-refractivity contribution is 0.144. The molecule has 0 bridgehead atoms. The summed E-state index contributed by atoms with van der Waals surface area (Å²) in [5.74, 6) is 2.31. The number of hydrogen-bond donors (Lipinski definition) is 1. The second-order valence-corrected chi connectivity index (χ2v) is 9.16. The van der Waals surface area contributed by atoms with Crippen molar-refractivity contribution in [2.45, 2.75) is 59.3 Å². The highest BCUT2D eigenvalue weighted by molar-refractivity contribution is 5.83. The third-order valence-electron chi connectivity index (χ3n) is 6.69. The van der Waals surface area contributed by atoms with Gasteiger partial charge in [-0.05, 0) is 77.5 Å². The van der Waals surface area contributed by atoms with E-state index >= 15 is 0 Å². The average Bonchev–Trinajstić information content (AvgIpc) is 3.65. The molecule has 1 atom stereocenters. The van der Waals surface area contributed by atoms with Crippen LogP contribution in [0.5, 0.6) is 0 Å². The number of hydrogen-bond acceptors (Lipinski definition) is 7. The van der Waals surface area contributed by atoms with Crippen molar-refractivity contribution < 1.29 is 8.83 Å². The predicted molar refractivity (Wildman–Crippen MR) is 135 cm³/mol. The van der Waals surface area contributed by atoms with E-state index in [0.717, 1.165) is 52.2 Å². The van der Waals surface area contributed by atoms with Gasteiger partial charge in [0.15, 0.2) is 5.82 Å². The molecule has 4 aromatic heterocycles. The second-order valence-electron chi connectivity index (χ2n) is 9.16. The maximum Gasteiger partial charge on any atom is 0.252 e. The average molecular weight is 487 g/mol. The zero-order valence-corrected chi connectivity index (χ0v) is 20.8. The number of aromatic amines is 1. The number of tetrazole rings is 1. The first-order valence-electron chi connectivity index (χ1n) is 12.2. The molecule has 0 unspecified atom stereocenters. The van der Waals surface area contributed by atoms with E-state index < -0.39 is 0 Å². The van der Waals surface area contributed by atoms with Crippen LogP contribution in [0.25, 0.3) is 10.9 Å². The molecule has 0 saturated carbocycles. The van der Waals surface area contributed by atoms with Crippen LogP contribution in [-0.2, 0) is 19.6 Å². The number of pyridine rings is 1. The number of aryl methyl sites for hydroxylation is 2. The molecule has 186 valence electrons. The second kappa shape index (κ2) is 10.3. The lowest BCUT2D eigenvalue weighted by Gasteiger charge is -2.30. The third kappa shape index (κ3) is 4.87. The maximum absolute atomic E-state index is 13.2. The largest absolute Gasteiger partial charge is 0.468 e. The van der Waals surface area contributed by atoms with Gasteiger partial charge in [0.1, 0.15) is 18.1 Å². The summed E-state index contributed by atoms with van der Waals surface area (Å²) in [5, 5.41) is 13.6. The molecule has 1 N–H and O–H groups in total. The van der Waals surface area contributed by atoms with Gasteiger partial charge in [0.25, 0.3) is 5.56 Å². The molecule has 4 heterocycles. The normalized spacial score (nSPS) is 12.6. The van der Waals surface area contributed by atoms with Crippen molar-refractivity contribution in [2.75, 3.05) is 0 Å². The van der Waals surface area contributed by atoms with Crippen LogP contribution < -0.4 is 5.56 Å². The Morgan fingerprint density at radius 3 is 2.56 bits per heavy atom. The molecular formula is C27H30N6O3. The quantitative estimate of drug-likeness (QED) is 0.299. The number of furan rings is 2. The molecule has 0 aliphatic heterocycles. The molecule has 0 aliphatic carbocycles. The molecule has 36 heavy (non-hydrogen) atoms. The van der Waals surface area contributed by atoms with Gasteiger partial charge in [-0.1, -0.05) is 25.5 Å². The summed E-state index contributed by atoms with van der Waals surface area (Å²) in [6, 6.07) is 13.6. The molecule has 9 nitrogen and oxygen atoms in total. The van der Waals surface area contributed by atoms with Crippen molar-refractivity contribution in [1.29, 1.82) is 0 Å². The first-order chi connectivity index (χ1) is 17.5. The Morgan fingerprint density at radius 2 is 1.83 bits per heavy atom. The number of nitrogens with one attached hydrogen (secondary N) is 1. The van der Waals surface area contributed by atoms with Gasteiger partial charge in [-0.15, -0.1) is 5.10 Å². The van der Waals surface area contributed by atoms with Crippen LogP contribution in [0.15, 0.2) is 68.6 Å². The highest BCUT2D eigenvalue weighted by Crippen LogP contribution is 2.29. The molecule has 0 saturated heterocycles. The van der Waals surface area contributed by atoms with Crippen molar-refractivity contribution in [3.8, 4) is 0 Å². The summed E-state index contributed by atoms with van der Waals surface area (Å²) in [5.41, 5.74) is 3.71. The fourth-order valence-electron chi connectivity index (χ4n) is 4.65. The van der Waals surface area contributed by atoms with Crippen LogP contribution in [0, 0.1) is 13.8 Å². The van der Waals surface area contributed by atoms with Crippen molar-refractivity contribution >= 4 is 10.9 Å². The molecule has 9 heteroatoms. The van der Waals surface area contributed by atoms with E-state index in [-0.39, 0.29) is 11.6 Å². The van der Waals surface area contributed by atoms with Crippen LogP contribution in [0.2, 0.25) is 0 Å². The molecule has 1 aromatic carbocycles. The smallest absolute Gasteiger partial charge is 0.252 e. The minimum absolute atomic E-state index is 0.0916. The van der Waals surface area contributed by atoms with E-state index in [2.05, 4.69) is 44.5 Å². The summed E-state index contributed by atoms with van der Waals surface area (Å²) in [6.45, 7) is 7.57. The minimum Gasteiger partial charge on any atom is -0.468 e. The van der Waals surface area contributed by atoms with Gasteiger partial charge >= 0.3 is 0 Å². The fourth-order valence-corrected chi connectivity index (χ4v) is 4.65. The Balaban J connectivity index is 1.53. The Kier molecular flexibility index (Phi) is 6.81. The molecule has 0 amide bonds. The van der Waals surface area contributed by atoms with E-state index in [1.165, 1.54) is 0 Å². The van der Waals surface area contributed by atoms with E-state index in [1.807, 2.05) is 44.2 Å². The molecule has 5 aromatic rings. The molecule has 0 aliphatic rings. The SMILES string of the molecule is CCC[C@H](c1nnnn1Cc1ccco1)N(Cc1ccco1)Cc1cc2ccc(C)c(C)c2[nH]c1=O. The third-order valence-corrected chi connectivity index (χ3v) is 6.69. The summed E-state index contributed by atoms with van der Waals surface area (Å²) >= 11 is 0. The molecule has 0 radical (unpaired) electrons. The van der Waals surface area contributed by atoms with Gasteiger partial charge in [-0.3, -0.25) is 9.69 Å². The summed E-state index contributed by atoms with van der Waals surface area (Å²) < 4.78 is 13.0. The maximum atomic E-state index is 13.2. The lowest BCUT2D eigenvalue weighted by atomic mass is 10.0. The van der Waals surface area contributed by atoms with Crippen LogP contribution in [0.4, 0.5) is 0 Å². The van der Waals surface area contributed by atoms with Crippen molar-refractivity contribution in [3.63, 3.8) is 0 Å². The topological polar surface area (TPSA) is 106 Å². The van der Waals surface area contributed by atoms with E-state index in [4.69, 9.17) is 8.83 Å². The van der Waals surface area contributed by atoms with Crippen molar-refractivity contribution in [1.82, 2.24) is 30.1 Å². The summed E-state index contributed by atoms with van der Waals surface area (Å²) in [4.78, 5) is 18.5. The highest BCUT2D eigenvalue weighted by Gasteiger charge is 2.28. The molecular weight excluding hydrogens is 456 g/mol. The van der Waals surface area contributed by atoms with Gasteiger partial charge < -0.3 is 13.8 Å². The Bertz CT molecular complexity index is 1480. The Hall–Kier alpha value is -3.98. The van der Waals surface area contributed by atoms with Crippen molar-refractivity contribution in [2.24, 2.45) is 0 Å². The first kappa shape index (κ1) is 23.7. The number of benzene rings is 1. The summed E-state index contributed by atoms with van der Waals surface area (Å²) in [7, 11) is 0. The minimum atomic E-state index is -0.139. The molecule has 5 rings (SSSR count). The zero-order valence-electron chi connectivity index (χ0n) is 20.8. The number of rotatable bonds is 10. The predicted octanol–water partition coefficient (Wildman–Crippen LogP) is 4.91. The summed E-state index contributed by atoms with van der Waals surface area (Å²) in [6.07, 6.45) is 5.03. The molecule has 0 fully saturated rings. The van der Waals surface area contributed by atoms with Crippen LogP contribution >= 0.6 is 0 Å². The number of fused-ring (bicyclic) bond motifs is 1. The van der Waals surface area contributed by atoms with Gasteiger partial charge in [-0.2, -0.15) is 0 Å². The Labute approximate surface area is 208 Å². The van der Waals surface area contributed by atoms with Crippen LogP contribution in [0.3, 0.4) is 0 Å². The fraction of sp³-hybridized carbons (Fsp3) is 0.333. The number of nitrogens with zero attached hydrogens (tertiary/aromatic N) is 5. The van der Waals surface area contributed by atoms with E-state index in [1.54, 1.807) is 17.2 Å². The zero-order chi connectivity index (χ0) is 25.1. The van der Waals surface area contributed by atoms with Crippen LogP contribution in [-0.4, -0.2) is 30.1 Å². The lowest BCUT2D eigenvalue weighted by Crippen LogP contribution is -2.32. The van der Waals surface area contributed by atoms with E-state index in [9.17, 15) is 4.79 Å². The van der Waals surface area contributed by atoms with Crippen LogP contribution in [0.1, 0.15) is 59.8 Å². The van der Waals surface area contributed by atoms with Crippen molar-refractivity contribution in [3.05, 3.63) is 99.4 Å². The number of H-pyrrole nitrogens is 1. The Morgan fingerprint density at radius 1 is 1.06 bits per heavy atom. The molecule has 0 spiro atoms. The first-order valence-corrected chi connectivity index (χ1v) is 12.2. The number of aromatic nitrogens is 5. The van der Waals surface area contributed by atoms with Gasteiger partial charge in [0.2, 0.25) is 0 Å². The van der Waals surface area contributed by atoms with Gasteiger partial charge in [0, 0.05) is 12.1 Å². The van der Waals surface area contributed by atoms with Gasteiger partial charge in [0.05, 0.1) is 30.6 Å². The van der Waals surface area contributed by atoms with E-state index in [0.29, 0.717) is 25.2 Å². The monoisotopic (exact) mass is 486 g/mol. The highest BCUT2D eigenvalue weighted by atomic mass is 16.3. The standard InChI is InChI=1S/C27H30N6O3/c1-4-7-24(26-29-30-31-33(26)17-23-9-6-13-36-23)32(16-22-8-5-12-35-22)15-21-14-20-11-10-18(2)19(3)25(20)28-27(21)34/h5-6,8-14,24H,4,7,15-17H2,1-3H3,(H,28,34)/t24-/m1/s1. The van der Waals surface area contributed by atoms with Gasteiger partial charge in [-0.25, -0.2) is 4.68 Å².